The molecule has 0 spiro atoms. The highest BCUT2D eigenvalue weighted by molar-refractivity contribution is 6.39. The number of hydrogen-bond donors (Lipinski definition) is 0. The van der Waals surface area contributed by atoms with E-state index in [1.54, 1.807) is 12.1 Å². The molecule has 1 aromatic rings. The summed E-state index contributed by atoms with van der Waals surface area (Å²) in [5.41, 5.74) is 0. The normalized spacial score (nSPS) is 17.8. The van der Waals surface area contributed by atoms with Crippen molar-refractivity contribution >= 4 is 23.2 Å². The molecule has 1 aliphatic rings. The van der Waals surface area contributed by atoms with Crippen LogP contribution in [0.25, 0.3) is 0 Å². The molecule has 2 rings (SSSR count). The summed E-state index contributed by atoms with van der Waals surface area (Å²) in [5, 5.41) is 0. The van der Waals surface area contributed by atoms with Crippen LogP contribution in [0.3, 0.4) is 0 Å². The molecule has 1 aromatic heterocycles. The summed E-state index contributed by atoms with van der Waals surface area (Å²) in [6.45, 7) is 0. The molecule has 0 aliphatic heterocycles. The lowest BCUT2D eigenvalue weighted by atomic mass is 10.1. The van der Waals surface area contributed by atoms with Crippen molar-refractivity contribution in [3.05, 3.63) is 24.2 Å². The van der Waals surface area contributed by atoms with Crippen LogP contribution in [-0.2, 0) is 4.79 Å². The molecule has 0 aromatic carbocycles. The molecule has 0 radical (unpaired) electrons. The summed E-state index contributed by atoms with van der Waals surface area (Å²) in [7, 11) is 0. The van der Waals surface area contributed by atoms with Crippen molar-refractivity contribution in [3.63, 3.8) is 0 Å². The maximum absolute atomic E-state index is 11.4. The van der Waals surface area contributed by atoms with Crippen molar-refractivity contribution in [2.75, 3.05) is 0 Å². The minimum Gasteiger partial charge on any atom is -0.461 e. The van der Waals surface area contributed by atoms with Crippen LogP contribution >= 0.6 is 11.6 Å². The van der Waals surface area contributed by atoms with E-state index in [9.17, 15) is 9.59 Å². The number of hydrogen-bond acceptors (Lipinski definition) is 3. The van der Waals surface area contributed by atoms with Crippen LogP contribution < -0.4 is 0 Å². The molecule has 3 nitrogen and oxygen atoms in total. The second-order valence-corrected chi connectivity index (χ2v) is 4.19. The molecule has 1 saturated carbocycles. The number of carbonyl (C=O) groups excluding carboxylic acids is 2. The Bertz CT molecular complexity index is 363. The zero-order chi connectivity index (χ0) is 10.2. The predicted molar refractivity (Wildman–Crippen MR) is 50.5 cm³/mol. The van der Waals surface area contributed by atoms with Crippen LogP contribution in [0.4, 0.5) is 0 Å². The first kappa shape index (κ1) is 9.46. The number of halogens is 1. The van der Waals surface area contributed by atoms with Crippen molar-refractivity contribution in [2.24, 2.45) is 0 Å². The highest BCUT2D eigenvalue weighted by atomic mass is 35.5. The van der Waals surface area contributed by atoms with Crippen LogP contribution in [0.1, 0.15) is 29.8 Å². The van der Waals surface area contributed by atoms with Gasteiger partial charge in [0.15, 0.2) is 11.5 Å². The largest absolute Gasteiger partial charge is 0.461 e. The Morgan fingerprint density at radius 1 is 1.50 bits per heavy atom. The van der Waals surface area contributed by atoms with Crippen LogP contribution in [-0.4, -0.2) is 16.4 Å². The maximum atomic E-state index is 11.4. The Morgan fingerprint density at radius 2 is 2.21 bits per heavy atom. The molecule has 0 saturated heterocycles. The van der Waals surface area contributed by atoms with E-state index in [1.165, 1.54) is 6.26 Å². The molecule has 14 heavy (non-hydrogen) atoms. The Labute approximate surface area is 86.0 Å². The quantitative estimate of drug-likeness (QED) is 0.437. The molecule has 0 amide bonds. The lowest BCUT2D eigenvalue weighted by Crippen LogP contribution is -2.19. The Kier molecular flexibility index (Phi) is 2.19. The van der Waals surface area contributed by atoms with Gasteiger partial charge in [0.1, 0.15) is 4.87 Å². The number of Topliss-reactive ketones (excluding diaryl/α,β-unsaturated/α-hetero) is 2. The summed E-state index contributed by atoms with van der Waals surface area (Å²) < 4.78 is 4.88. The zero-order valence-electron chi connectivity index (χ0n) is 7.46. The smallest absolute Gasteiger partial charge is 0.205 e. The molecule has 74 valence electrons. The summed E-state index contributed by atoms with van der Waals surface area (Å²) in [4.78, 5) is 22.1. The molecule has 1 aliphatic carbocycles. The maximum Gasteiger partial charge on any atom is 0.205 e. The number of carbonyl (C=O) groups is 2. The number of alkyl halides is 1. The Hall–Kier alpha value is -1.09. The van der Waals surface area contributed by atoms with Gasteiger partial charge in [-0.1, -0.05) is 0 Å². The van der Waals surface area contributed by atoms with Crippen LogP contribution in [0.15, 0.2) is 22.8 Å². The molecule has 0 bridgehead atoms. The van der Waals surface area contributed by atoms with Crippen LogP contribution in [0.5, 0.6) is 0 Å². The third-order valence-corrected chi connectivity index (χ3v) is 2.89. The average Bonchev–Trinajstić information content (AvgIpc) is 2.71. The van der Waals surface area contributed by atoms with Crippen molar-refractivity contribution < 1.29 is 14.0 Å². The lowest BCUT2D eigenvalue weighted by molar-refractivity contribution is -0.118. The van der Waals surface area contributed by atoms with Crippen molar-refractivity contribution in [1.29, 1.82) is 0 Å². The monoisotopic (exact) mass is 212 g/mol. The van der Waals surface area contributed by atoms with Crippen molar-refractivity contribution in [1.82, 2.24) is 0 Å². The second-order valence-electron chi connectivity index (χ2n) is 3.47. The van der Waals surface area contributed by atoms with E-state index < -0.39 is 4.87 Å². The van der Waals surface area contributed by atoms with Crippen molar-refractivity contribution in [3.8, 4) is 0 Å². The van der Waals surface area contributed by atoms with E-state index in [-0.39, 0.29) is 23.7 Å². The third kappa shape index (κ3) is 1.73. The minimum absolute atomic E-state index is 0.156. The van der Waals surface area contributed by atoms with E-state index in [4.69, 9.17) is 16.0 Å². The Morgan fingerprint density at radius 3 is 2.71 bits per heavy atom. The first-order chi connectivity index (χ1) is 6.62. The second kappa shape index (κ2) is 3.24. The van der Waals surface area contributed by atoms with Gasteiger partial charge in [0.25, 0.3) is 0 Å². The Balaban J connectivity index is 1.98. The van der Waals surface area contributed by atoms with Gasteiger partial charge in [0.05, 0.1) is 12.7 Å². The van der Waals surface area contributed by atoms with E-state index in [0.717, 1.165) is 0 Å². The van der Waals surface area contributed by atoms with Crippen LogP contribution in [0.2, 0.25) is 0 Å². The van der Waals surface area contributed by atoms with Crippen LogP contribution in [0, 0.1) is 0 Å². The first-order valence-electron chi connectivity index (χ1n) is 4.41. The summed E-state index contributed by atoms with van der Waals surface area (Å²) in [6.07, 6.45) is 2.61. The topological polar surface area (TPSA) is 47.3 Å². The summed E-state index contributed by atoms with van der Waals surface area (Å²) in [6, 6.07) is 3.16. The molecule has 1 heterocycles. The minimum atomic E-state index is -0.748. The molecular formula is C10H9ClO3. The first-order valence-corrected chi connectivity index (χ1v) is 4.78. The zero-order valence-corrected chi connectivity index (χ0v) is 8.21. The SMILES string of the molecule is O=C(CC(=O)C1(Cl)CC1)c1ccco1. The van der Waals surface area contributed by atoms with E-state index in [0.29, 0.717) is 12.8 Å². The van der Waals surface area contributed by atoms with Gasteiger partial charge in [-0.15, -0.1) is 11.6 Å². The fraction of sp³-hybridized carbons (Fsp3) is 0.400. The van der Waals surface area contributed by atoms with E-state index in [2.05, 4.69) is 0 Å². The number of furan rings is 1. The van der Waals surface area contributed by atoms with Gasteiger partial charge in [-0.2, -0.15) is 0 Å². The molecule has 0 atom stereocenters. The fourth-order valence-corrected chi connectivity index (χ4v) is 1.38. The molecular weight excluding hydrogens is 204 g/mol. The standard InChI is InChI=1S/C10H9ClO3/c11-10(3-4-10)9(13)6-7(12)8-2-1-5-14-8/h1-2,5H,3-4,6H2. The molecule has 0 unspecified atom stereocenters. The number of rotatable bonds is 4. The summed E-state index contributed by atoms with van der Waals surface area (Å²) in [5.74, 6) is -0.272. The lowest BCUT2D eigenvalue weighted by Gasteiger charge is -2.02. The van der Waals surface area contributed by atoms with Gasteiger partial charge in [0.2, 0.25) is 5.78 Å². The van der Waals surface area contributed by atoms with Gasteiger partial charge in [-0.25, -0.2) is 0 Å². The predicted octanol–water partition coefficient (Wildman–Crippen LogP) is 2.19. The van der Waals surface area contributed by atoms with Crippen molar-refractivity contribution in [2.45, 2.75) is 24.1 Å². The van der Waals surface area contributed by atoms with Gasteiger partial charge >= 0.3 is 0 Å². The fourth-order valence-electron chi connectivity index (χ4n) is 1.22. The summed E-state index contributed by atoms with van der Waals surface area (Å²) >= 11 is 5.87. The van der Waals surface area contributed by atoms with Gasteiger partial charge in [0, 0.05) is 0 Å². The molecule has 1 fully saturated rings. The molecule has 0 N–H and O–H groups in total. The van der Waals surface area contributed by atoms with E-state index >= 15 is 0 Å². The van der Waals surface area contributed by atoms with Gasteiger partial charge < -0.3 is 4.42 Å². The number of ketones is 2. The van der Waals surface area contributed by atoms with E-state index in [1.807, 2.05) is 0 Å². The highest BCUT2D eigenvalue weighted by Crippen LogP contribution is 2.44. The highest BCUT2D eigenvalue weighted by Gasteiger charge is 2.48. The average molecular weight is 213 g/mol. The van der Waals surface area contributed by atoms with Gasteiger partial charge in [-0.3, -0.25) is 9.59 Å². The van der Waals surface area contributed by atoms with Gasteiger partial charge in [-0.05, 0) is 25.0 Å². The third-order valence-electron chi connectivity index (χ3n) is 2.31. The molecule has 4 heteroatoms.